The van der Waals surface area contributed by atoms with Gasteiger partial charge in [-0.2, -0.15) is 0 Å². The van der Waals surface area contributed by atoms with Crippen LogP contribution in [-0.2, 0) is 11.2 Å². The third-order valence-electron chi connectivity index (χ3n) is 5.74. The third-order valence-corrected chi connectivity index (χ3v) is 6.74. The molecule has 0 radical (unpaired) electrons. The molecule has 6 nitrogen and oxygen atoms in total. The minimum atomic E-state index is -0.374. The Kier molecular flexibility index (Phi) is 6.25. The molecule has 1 amide bonds. The van der Waals surface area contributed by atoms with Crippen LogP contribution in [0.15, 0.2) is 47.5 Å². The summed E-state index contributed by atoms with van der Waals surface area (Å²) in [6.07, 6.45) is 6.00. The Labute approximate surface area is 186 Å². The zero-order valence-corrected chi connectivity index (χ0v) is 19.1. The van der Waals surface area contributed by atoms with Crippen LogP contribution in [0.2, 0.25) is 0 Å². The van der Waals surface area contributed by atoms with Gasteiger partial charge in [0.1, 0.15) is 5.56 Å². The number of aromatic nitrogens is 2. The van der Waals surface area contributed by atoms with Crippen molar-refractivity contribution in [2.24, 2.45) is 11.3 Å². The molecular weight excluding hydrogens is 410 g/mol. The first-order valence-corrected chi connectivity index (χ1v) is 11.6. The predicted molar refractivity (Wildman–Crippen MR) is 123 cm³/mol. The van der Waals surface area contributed by atoms with E-state index in [9.17, 15) is 9.59 Å². The highest BCUT2D eigenvalue weighted by atomic mass is 32.1. The van der Waals surface area contributed by atoms with Gasteiger partial charge in [-0.1, -0.05) is 51.1 Å². The minimum absolute atomic E-state index is 0.00164. The Bertz CT molecular complexity index is 1110. The summed E-state index contributed by atoms with van der Waals surface area (Å²) in [4.78, 5) is 31.8. The Morgan fingerprint density at radius 1 is 1.29 bits per heavy atom. The summed E-state index contributed by atoms with van der Waals surface area (Å²) < 4.78 is 7.48. The molecule has 3 heterocycles. The van der Waals surface area contributed by atoms with Crippen LogP contribution in [0, 0.1) is 11.3 Å². The topological polar surface area (TPSA) is 72.7 Å². The molecule has 1 N–H and O–H groups in total. The first kappa shape index (κ1) is 21.7. The molecule has 164 valence electrons. The van der Waals surface area contributed by atoms with E-state index in [2.05, 4.69) is 43.2 Å². The van der Waals surface area contributed by atoms with E-state index in [-0.39, 0.29) is 34.5 Å². The van der Waals surface area contributed by atoms with Gasteiger partial charge in [-0.25, -0.2) is 4.98 Å². The number of hydrogen-bond donors (Lipinski definition) is 1. The average molecular weight is 440 g/mol. The van der Waals surface area contributed by atoms with Crippen LogP contribution in [0.3, 0.4) is 0 Å². The molecule has 1 saturated heterocycles. The maximum atomic E-state index is 13.0. The van der Waals surface area contributed by atoms with Crippen molar-refractivity contribution in [3.8, 4) is 0 Å². The highest BCUT2D eigenvalue weighted by Gasteiger charge is 2.35. The Balaban J connectivity index is 1.49. The van der Waals surface area contributed by atoms with Gasteiger partial charge in [0.15, 0.2) is 4.96 Å². The number of carbonyl (C=O) groups excluding carboxylic acids is 1. The fourth-order valence-electron chi connectivity index (χ4n) is 4.29. The molecule has 0 saturated carbocycles. The molecule has 2 aromatic heterocycles. The molecule has 3 aromatic rings. The van der Waals surface area contributed by atoms with Gasteiger partial charge in [0.25, 0.3) is 11.5 Å². The lowest BCUT2D eigenvalue weighted by Gasteiger charge is -2.40. The smallest absolute Gasteiger partial charge is 0.271 e. The van der Waals surface area contributed by atoms with Gasteiger partial charge in [-0.05, 0) is 23.8 Å². The second-order valence-corrected chi connectivity index (χ2v) is 10.4. The van der Waals surface area contributed by atoms with Crippen LogP contribution in [-0.4, -0.2) is 34.5 Å². The lowest BCUT2D eigenvalue weighted by atomic mass is 9.78. The predicted octanol–water partition coefficient (Wildman–Crippen LogP) is 3.92. The molecule has 0 bridgehead atoms. The summed E-state index contributed by atoms with van der Waals surface area (Å²) in [7, 11) is 0. The van der Waals surface area contributed by atoms with Gasteiger partial charge < -0.3 is 10.1 Å². The molecule has 4 rings (SSSR count). The number of amides is 1. The van der Waals surface area contributed by atoms with Gasteiger partial charge >= 0.3 is 0 Å². The van der Waals surface area contributed by atoms with E-state index in [1.807, 2.05) is 18.2 Å². The number of thiazole rings is 1. The fraction of sp³-hybridized carbons (Fsp3) is 0.458. The van der Waals surface area contributed by atoms with Crippen LogP contribution in [0.25, 0.3) is 4.96 Å². The zero-order chi connectivity index (χ0) is 22.0. The number of benzene rings is 1. The number of fused-ring (bicyclic) bond motifs is 1. The van der Waals surface area contributed by atoms with Crippen LogP contribution >= 0.6 is 11.3 Å². The van der Waals surface area contributed by atoms with Crippen molar-refractivity contribution >= 4 is 22.2 Å². The van der Waals surface area contributed by atoms with Crippen molar-refractivity contribution in [1.82, 2.24) is 14.7 Å². The lowest BCUT2D eigenvalue weighted by Crippen LogP contribution is -2.45. The van der Waals surface area contributed by atoms with E-state index < -0.39 is 0 Å². The summed E-state index contributed by atoms with van der Waals surface area (Å²) in [5.74, 6) is -0.142. The summed E-state index contributed by atoms with van der Waals surface area (Å²) in [5.41, 5.74) is 0.917. The number of carbonyl (C=O) groups is 1. The quantitative estimate of drug-likeness (QED) is 0.654. The van der Waals surface area contributed by atoms with Crippen molar-refractivity contribution < 1.29 is 9.53 Å². The second kappa shape index (κ2) is 8.93. The molecular formula is C24H29N3O3S. The number of nitrogens with one attached hydrogen (secondary N) is 1. The second-order valence-electron chi connectivity index (χ2n) is 9.26. The molecule has 2 atom stereocenters. The van der Waals surface area contributed by atoms with Crippen LogP contribution in [0.5, 0.6) is 0 Å². The normalized spacial score (nSPS) is 19.5. The highest BCUT2D eigenvalue weighted by molar-refractivity contribution is 7.17. The third kappa shape index (κ3) is 4.88. The molecule has 2 unspecified atom stereocenters. The van der Waals surface area contributed by atoms with Crippen molar-refractivity contribution in [3.63, 3.8) is 0 Å². The summed E-state index contributed by atoms with van der Waals surface area (Å²) in [6, 6.07) is 10.1. The molecule has 31 heavy (non-hydrogen) atoms. The molecule has 1 aliphatic rings. The lowest BCUT2D eigenvalue weighted by molar-refractivity contribution is -0.0839. The van der Waals surface area contributed by atoms with E-state index in [1.165, 1.54) is 27.5 Å². The van der Waals surface area contributed by atoms with Crippen molar-refractivity contribution in [2.75, 3.05) is 13.2 Å². The number of nitrogens with zero attached hydrogens (tertiary/aromatic N) is 2. The average Bonchev–Trinajstić information content (AvgIpc) is 3.16. The van der Waals surface area contributed by atoms with E-state index in [1.54, 1.807) is 6.20 Å². The molecule has 7 heteroatoms. The van der Waals surface area contributed by atoms with Crippen molar-refractivity contribution in [2.45, 2.75) is 46.1 Å². The largest absolute Gasteiger partial charge is 0.377 e. The standard InChI is InChI=1S/C24H29N3O3S/c1-24(2,3)20-17(10-7-11-30-20)13-25-21(28)19-14-26-23-27(22(19)29)15-18(31-23)12-16-8-5-4-6-9-16/h4-6,8-9,14-15,17,20H,7,10-13H2,1-3H3,(H,25,28). The number of rotatable bonds is 5. The zero-order valence-electron chi connectivity index (χ0n) is 18.3. The Morgan fingerprint density at radius 2 is 2.06 bits per heavy atom. The van der Waals surface area contributed by atoms with Gasteiger partial charge in [-0.3, -0.25) is 14.0 Å². The Hall–Kier alpha value is -2.51. The molecule has 0 spiro atoms. The maximum Gasteiger partial charge on any atom is 0.271 e. The van der Waals surface area contributed by atoms with E-state index in [4.69, 9.17) is 4.74 Å². The van der Waals surface area contributed by atoms with Crippen molar-refractivity contribution in [1.29, 1.82) is 0 Å². The van der Waals surface area contributed by atoms with Gasteiger partial charge in [-0.15, -0.1) is 11.3 Å². The van der Waals surface area contributed by atoms with Crippen LogP contribution < -0.4 is 10.9 Å². The van der Waals surface area contributed by atoms with E-state index in [0.29, 0.717) is 11.5 Å². The van der Waals surface area contributed by atoms with Gasteiger partial charge in [0.05, 0.1) is 6.10 Å². The maximum absolute atomic E-state index is 13.0. The monoisotopic (exact) mass is 439 g/mol. The summed E-state index contributed by atoms with van der Waals surface area (Å²) in [5, 5.41) is 2.95. The fourth-order valence-corrected chi connectivity index (χ4v) is 5.26. The van der Waals surface area contributed by atoms with Gasteiger partial charge in [0, 0.05) is 42.8 Å². The molecule has 1 aromatic carbocycles. The number of ether oxygens (including phenoxy) is 1. The SMILES string of the molecule is CC(C)(C)C1OCCCC1CNC(=O)c1cnc2sc(Cc3ccccc3)cn2c1=O. The number of hydrogen-bond acceptors (Lipinski definition) is 5. The first-order valence-electron chi connectivity index (χ1n) is 10.8. The highest BCUT2D eigenvalue weighted by Crippen LogP contribution is 2.33. The molecule has 1 aliphatic heterocycles. The minimum Gasteiger partial charge on any atom is -0.377 e. The molecule has 1 fully saturated rings. The van der Waals surface area contributed by atoms with Gasteiger partial charge in [0.2, 0.25) is 0 Å². The molecule has 0 aliphatic carbocycles. The van der Waals surface area contributed by atoms with Crippen LogP contribution in [0.4, 0.5) is 0 Å². The van der Waals surface area contributed by atoms with E-state index >= 15 is 0 Å². The van der Waals surface area contributed by atoms with Crippen LogP contribution in [0.1, 0.15) is 54.4 Å². The Morgan fingerprint density at radius 3 is 2.81 bits per heavy atom. The van der Waals surface area contributed by atoms with E-state index in [0.717, 1.165) is 30.7 Å². The first-order chi connectivity index (χ1) is 14.8. The summed E-state index contributed by atoms with van der Waals surface area (Å²) in [6.45, 7) is 7.73. The van der Waals surface area contributed by atoms with Crippen molar-refractivity contribution in [3.05, 3.63) is 69.1 Å². The summed E-state index contributed by atoms with van der Waals surface area (Å²) >= 11 is 1.47.